The molecular formula is C23H32O7P2S. The van der Waals surface area contributed by atoms with Gasteiger partial charge in [0.15, 0.2) is 5.85 Å². The number of hydrogen-bond donors (Lipinski definition) is 0. The summed E-state index contributed by atoms with van der Waals surface area (Å²) in [5.41, 5.74) is 1.20. The van der Waals surface area contributed by atoms with E-state index in [4.69, 9.17) is 39.2 Å². The van der Waals surface area contributed by atoms with Crippen LogP contribution >= 0.6 is 14.3 Å². The molecule has 1 aliphatic heterocycles. The smallest absolute Gasteiger partial charge is 0.364 e. The highest BCUT2D eigenvalue weighted by Crippen LogP contribution is 2.71. The molecule has 33 heavy (non-hydrogen) atoms. The molecule has 182 valence electrons. The zero-order valence-electron chi connectivity index (χ0n) is 19.6. The summed E-state index contributed by atoms with van der Waals surface area (Å²) in [6, 6.07) is 16.8. The van der Waals surface area contributed by atoms with Crippen molar-refractivity contribution >= 4 is 26.1 Å². The van der Waals surface area contributed by atoms with Crippen molar-refractivity contribution in [3.8, 4) is 5.75 Å². The zero-order valence-corrected chi connectivity index (χ0v) is 22.2. The zero-order chi connectivity index (χ0) is 24.1. The number of benzene rings is 2. The minimum absolute atomic E-state index is 0.178. The van der Waals surface area contributed by atoms with Gasteiger partial charge in [-0.05, 0) is 48.9 Å². The van der Waals surface area contributed by atoms with E-state index >= 15 is 0 Å². The van der Waals surface area contributed by atoms with E-state index in [9.17, 15) is 4.57 Å². The summed E-state index contributed by atoms with van der Waals surface area (Å²) < 4.78 is 48.9. The topological polar surface area (TPSA) is 72.5 Å². The van der Waals surface area contributed by atoms with Crippen LogP contribution in [0.2, 0.25) is 0 Å². The van der Waals surface area contributed by atoms with E-state index < -0.39 is 20.2 Å². The van der Waals surface area contributed by atoms with E-state index in [1.165, 1.54) is 0 Å². The highest BCUT2D eigenvalue weighted by molar-refractivity contribution is 8.07. The lowest BCUT2D eigenvalue weighted by atomic mass is 9.83. The Morgan fingerprint density at radius 3 is 2.24 bits per heavy atom. The highest BCUT2D eigenvalue weighted by Gasteiger charge is 2.48. The van der Waals surface area contributed by atoms with E-state index in [1.807, 2.05) is 30.3 Å². The molecule has 0 amide bonds. The molecule has 1 saturated heterocycles. The maximum Gasteiger partial charge on any atom is 0.364 e. The molecule has 0 spiro atoms. The predicted octanol–water partition coefficient (Wildman–Crippen LogP) is 7.02. The molecule has 0 bridgehead atoms. The van der Waals surface area contributed by atoms with Crippen LogP contribution in [0, 0.1) is 5.41 Å². The third-order valence-corrected chi connectivity index (χ3v) is 9.77. The number of ether oxygens (including phenoxy) is 1. The molecule has 0 N–H and O–H groups in total. The van der Waals surface area contributed by atoms with Crippen molar-refractivity contribution in [3.63, 3.8) is 0 Å². The third-order valence-electron chi connectivity index (χ3n) is 5.18. The molecule has 0 aliphatic carbocycles. The first-order valence-corrected chi connectivity index (χ1v) is 15.0. The van der Waals surface area contributed by atoms with Gasteiger partial charge >= 0.3 is 14.3 Å². The Morgan fingerprint density at radius 1 is 1.09 bits per heavy atom. The van der Waals surface area contributed by atoms with Crippen molar-refractivity contribution in [2.24, 2.45) is 5.41 Å². The van der Waals surface area contributed by atoms with Crippen LogP contribution in [0.4, 0.5) is 0 Å². The van der Waals surface area contributed by atoms with Gasteiger partial charge in [0.25, 0.3) is 0 Å². The lowest BCUT2D eigenvalue weighted by Gasteiger charge is -2.43. The Hall–Kier alpha value is -1.08. The van der Waals surface area contributed by atoms with Crippen LogP contribution in [-0.2, 0) is 39.0 Å². The Bertz CT molecular complexity index is 988. The average molecular weight is 515 g/mol. The molecule has 1 unspecified atom stereocenters. The summed E-state index contributed by atoms with van der Waals surface area (Å²) in [4.78, 5) is 0. The average Bonchev–Trinajstić information content (AvgIpc) is 2.80. The first-order valence-electron chi connectivity index (χ1n) is 10.9. The molecule has 2 aromatic rings. The van der Waals surface area contributed by atoms with Crippen LogP contribution < -0.4 is 4.74 Å². The monoisotopic (exact) mass is 514 g/mol. The van der Waals surface area contributed by atoms with Crippen LogP contribution in [0.25, 0.3) is 0 Å². The quantitative estimate of drug-likeness (QED) is 0.314. The number of rotatable bonds is 10. The summed E-state index contributed by atoms with van der Waals surface area (Å²) in [5.74, 6) is -0.467. The summed E-state index contributed by atoms with van der Waals surface area (Å²) in [7, 11) is -2.19. The first kappa shape index (κ1) is 26.5. The maximum absolute atomic E-state index is 13.8. The number of hydrogen-bond acceptors (Lipinski definition) is 8. The van der Waals surface area contributed by atoms with E-state index in [0.29, 0.717) is 17.9 Å². The van der Waals surface area contributed by atoms with Gasteiger partial charge in [-0.1, -0.05) is 56.3 Å². The van der Waals surface area contributed by atoms with Crippen LogP contribution in [-0.4, -0.2) is 26.9 Å². The first-order chi connectivity index (χ1) is 15.7. The van der Waals surface area contributed by atoms with E-state index in [1.54, 1.807) is 45.2 Å². The molecule has 0 saturated carbocycles. The summed E-state index contributed by atoms with van der Waals surface area (Å²) in [6.07, 6.45) is -0.353. The third kappa shape index (κ3) is 6.33. The molecule has 7 nitrogen and oxygen atoms in total. The Morgan fingerprint density at radius 2 is 1.70 bits per heavy atom. The van der Waals surface area contributed by atoms with Gasteiger partial charge in [-0.3, -0.25) is 13.6 Å². The largest absolute Gasteiger partial charge is 0.497 e. The van der Waals surface area contributed by atoms with Gasteiger partial charge in [-0.15, -0.1) is 0 Å². The van der Waals surface area contributed by atoms with Gasteiger partial charge in [-0.2, -0.15) is 0 Å². The van der Waals surface area contributed by atoms with Crippen LogP contribution in [0.3, 0.4) is 0 Å². The summed E-state index contributed by atoms with van der Waals surface area (Å²) in [5, 5.41) is 0. The molecule has 1 aliphatic rings. The van der Waals surface area contributed by atoms with Crippen LogP contribution in [0.15, 0.2) is 54.6 Å². The van der Waals surface area contributed by atoms with Gasteiger partial charge in [0.2, 0.25) is 0 Å². The minimum atomic E-state index is -3.77. The minimum Gasteiger partial charge on any atom is -0.497 e. The van der Waals surface area contributed by atoms with Crippen molar-refractivity contribution in [2.45, 2.75) is 39.6 Å². The Balaban J connectivity index is 1.98. The van der Waals surface area contributed by atoms with E-state index in [0.717, 1.165) is 5.56 Å². The fourth-order valence-electron chi connectivity index (χ4n) is 3.54. The van der Waals surface area contributed by atoms with Crippen molar-refractivity contribution in [1.82, 2.24) is 0 Å². The van der Waals surface area contributed by atoms with Gasteiger partial charge in [0.1, 0.15) is 5.75 Å². The lowest BCUT2D eigenvalue weighted by Crippen LogP contribution is -2.33. The normalized spacial score (nSPS) is 23.7. The molecule has 3 rings (SSSR count). The molecule has 0 aromatic heterocycles. The van der Waals surface area contributed by atoms with E-state index in [-0.39, 0.29) is 24.7 Å². The second kappa shape index (κ2) is 11.1. The van der Waals surface area contributed by atoms with E-state index in [2.05, 4.69) is 13.8 Å². The second-order valence-electron chi connectivity index (χ2n) is 8.21. The van der Waals surface area contributed by atoms with Crippen LogP contribution in [0.5, 0.6) is 5.75 Å². The fraction of sp³-hybridized carbons (Fsp3) is 0.478. The van der Waals surface area contributed by atoms with Crippen LogP contribution in [0.1, 0.15) is 50.8 Å². The molecule has 2 aromatic carbocycles. The van der Waals surface area contributed by atoms with Crippen molar-refractivity contribution < 1.29 is 31.9 Å². The predicted molar refractivity (Wildman–Crippen MR) is 132 cm³/mol. The lowest BCUT2D eigenvalue weighted by molar-refractivity contribution is -0.0416. The number of methoxy groups -OCH3 is 1. The SMILES string of the molecule is CCOP(=O)(OCC)C(O[P@@]1(=S)OCC(C)(C)[C@H](c2ccccc2)O1)c1ccc(OC)cc1. The highest BCUT2D eigenvalue weighted by atomic mass is 32.5. The van der Waals surface area contributed by atoms with Gasteiger partial charge in [0, 0.05) is 5.41 Å². The molecule has 1 heterocycles. The molecular weight excluding hydrogens is 482 g/mol. The van der Waals surface area contributed by atoms with Crippen molar-refractivity contribution in [3.05, 3.63) is 65.7 Å². The molecule has 3 atom stereocenters. The maximum atomic E-state index is 13.8. The van der Waals surface area contributed by atoms with Crippen molar-refractivity contribution in [1.29, 1.82) is 0 Å². The van der Waals surface area contributed by atoms with Crippen molar-refractivity contribution in [2.75, 3.05) is 26.9 Å². The molecule has 1 fully saturated rings. The standard InChI is InChI=1S/C23H32O7P2S/c1-6-26-31(24,27-7-2)22(19-13-15-20(25-5)16-14-19)30-32(33)28-17-23(3,4)21(29-32)18-11-9-8-10-12-18/h8-16,21-22H,6-7,17H2,1-5H3/t21-,22?,32+/m0/s1. The second-order valence-corrected chi connectivity index (χ2v) is 13.2. The Kier molecular flexibility index (Phi) is 8.93. The molecule has 0 radical (unpaired) electrons. The Labute approximate surface area is 201 Å². The van der Waals surface area contributed by atoms with Gasteiger partial charge in [-0.25, -0.2) is 0 Å². The van der Waals surface area contributed by atoms with Gasteiger partial charge < -0.3 is 18.3 Å². The fourth-order valence-corrected chi connectivity index (χ4v) is 8.54. The summed E-state index contributed by atoms with van der Waals surface area (Å²) >= 11 is 5.78. The summed E-state index contributed by atoms with van der Waals surface area (Å²) in [6.45, 7) is 4.95. The van der Waals surface area contributed by atoms with Gasteiger partial charge in [0.05, 0.1) is 33.0 Å². The molecule has 10 heteroatoms.